The molecule has 0 aliphatic heterocycles. The summed E-state index contributed by atoms with van der Waals surface area (Å²) in [6.07, 6.45) is 2.48. The second-order valence-corrected chi connectivity index (χ2v) is 9.00. The summed E-state index contributed by atoms with van der Waals surface area (Å²) in [5, 5.41) is 12.6. The number of furan rings is 1. The van der Waals surface area contributed by atoms with Crippen LogP contribution in [-0.4, -0.2) is 37.5 Å². The molecule has 172 valence electrons. The predicted molar refractivity (Wildman–Crippen MR) is 134 cm³/mol. The smallest absolute Gasteiger partial charge is 0.230 e. The van der Waals surface area contributed by atoms with Crippen molar-refractivity contribution in [1.29, 1.82) is 0 Å². The molecule has 7 nitrogen and oxygen atoms in total. The van der Waals surface area contributed by atoms with E-state index in [-0.39, 0.29) is 11.7 Å². The number of hydrogen-bond acceptors (Lipinski definition) is 5. The van der Waals surface area contributed by atoms with E-state index in [2.05, 4.69) is 40.6 Å². The van der Waals surface area contributed by atoms with Crippen LogP contribution in [-0.2, 0) is 18.3 Å². The summed E-state index contributed by atoms with van der Waals surface area (Å²) in [5.74, 6) is 0.933. The second-order valence-electron chi connectivity index (χ2n) is 8.06. The van der Waals surface area contributed by atoms with Gasteiger partial charge in [0.05, 0.1) is 28.9 Å². The summed E-state index contributed by atoms with van der Waals surface area (Å²) in [6, 6.07) is 22.1. The van der Waals surface area contributed by atoms with Crippen LogP contribution >= 0.6 is 11.8 Å². The van der Waals surface area contributed by atoms with E-state index in [0.29, 0.717) is 17.5 Å². The standard InChI is InChI=1S/C26H25N5O2S/c1-18-8-6-7-11-20(18)31-25(22-16-23-21(30(22)2)13-15-33-23)28-29-26(31)34-17-24(32)27-14-12-19-9-4-3-5-10-19/h3-11,13,15-16H,12,14,17H2,1-2H3,(H,27,32). The average molecular weight is 472 g/mol. The highest BCUT2D eigenvalue weighted by Gasteiger charge is 2.22. The van der Waals surface area contributed by atoms with Crippen LogP contribution in [0.2, 0.25) is 0 Å². The van der Waals surface area contributed by atoms with Crippen LogP contribution in [0.5, 0.6) is 0 Å². The van der Waals surface area contributed by atoms with Crippen molar-refractivity contribution < 1.29 is 9.21 Å². The SMILES string of the molecule is Cc1ccccc1-n1c(SCC(=O)NCCc2ccccc2)nnc1-c1cc2occc2n1C. The Kier molecular flexibility index (Phi) is 6.22. The van der Waals surface area contributed by atoms with Gasteiger partial charge in [0.25, 0.3) is 0 Å². The molecule has 0 saturated carbocycles. The lowest BCUT2D eigenvalue weighted by Crippen LogP contribution is -2.27. The first-order valence-corrected chi connectivity index (χ1v) is 12.1. The fourth-order valence-electron chi connectivity index (χ4n) is 4.00. The third-order valence-electron chi connectivity index (χ3n) is 5.79. The molecule has 2 aromatic carbocycles. The number of aryl methyl sites for hydroxylation is 2. The monoisotopic (exact) mass is 471 g/mol. The minimum absolute atomic E-state index is 0.0294. The maximum atomic E-state index is 12.5. The number of amides is 1. The summed E-state index contributed by atoms with van der Waals surface area (Å²) in [6.45, 7) is 2.65. The molecular weight excluding hydrogens is 446 g/mol. The lowest BCUT2D eigenvalue weighted by atomic mass is 10.1. The number of fused-ring (bicyclic) bond motifs is 1. The second kappa shape index (κ2) is 9.61. The van der Waals surface area contributed by atoms with E-state index in [1.54, 1.807) is 6.26 Å². The number of nitrogens with one attached hydrogen (secondary N) is 1. The van der Waals surface area contributed by atoms with Gasteiger partial charge in [0.15, 0.2) is 16.6 Å². The van der Waals surface area contributed by atoms with Crippen LogP contribution in [0.25, 0.3) is 28.3 Å². The normalized spacial score (nSPS) is 11.2. The van der Waals surface area contributed by atoms with E-state index in [4.69, 9.17) is 4.42 Å². The van der Waals surface area contributed by atoms with Crippen molar-refractivity contribution in [3.8, 4) is 17.2 Å². The largest absolute Gasteiger partial charge is 0.463 e. The Bertz CT molecular complexity index is 1430. The number of thioether (sulfide) groups is 1. The Hall–Kier alpha value is -3.78. The average Bonchev–Trinajstić information content (AvgIpc) is 3.55. The lowest BCUT2D eigenvalue weighted by Gasteiger charge is -2.13. The maximum Gasteiger partial charge on any atom is 0.230 e. The van der Waals surface area contributed by atoms with Gasteiger partial charge in [-0.2, -0.15) is 0 Å². The number of aromatic nitrogens is 4. The van der Waals surface area contributed by atoms with Gasteiger partial charge < -0.3 is 14.3 Å². The van der Waals surface area contributed by atoms with Crippen molar-refractivity contribution in [3.63, 3.8) is 0 Å². The number of benzene rings is 2. The molecule has 3 heterocycles. The third-order valence-corrected chi connectivity index (χ3v) is 6.72. The Morgan fingerprint density at radius 1 is 1.06 bits per heavy atom. The van der Waals surface area contributed by atoms with Gasteiger partial charge >= 0.3 is 0 Å². The fraction of sp³-hybridized carbons (Fsp3) is 0.192. The number of hydrogen-bond donors (Lipinski definition) is 1. The maximum absolute atomic E-state index is 12.5. The highest BCUT2D eigenvalue weighted by molar-refractivity contribution is 7.99. The highest BCUT2D eigenvalue weighted by Crippen LogP contribution is 2.32. The van der Waals surface area contributed by atoms with E-state index in [9.17, 15) is 4.79 Å². The van der Waals surface area contributed by atoms with E-state index < -0.39 is 0 Å². The van der Waals surface area contributed by atoms with Gasteiger partial charge in [-0.25, -0.2) is 0 Å². The Balaban J connectivity index is 1.38. The van der Waals surface area contributed by atoms with Gasteiger partial charge in [0.2, 0.25) is 5.91 Å². The fourth-order valence-corrected chi connectivity index (χ4v) is 4.77. The van der Waals surface area contributed by atoms with Gasteiger partial charge in [0, 0.05) is 25.7 Å². The van der Waals surface area contributed by atoms with Gasteiger partial charge in [0.1, 0.15) is 0 Å². The van der Waals surface area contributed by atoms with E-state index in [1.165, 1.54) is 17.3 Å². The van der Waals surface area contributed by atoms with E-state index >= 15 is 0 Å². The number of rotatable bonds is 8. The van der Waals surface area contributed by atoms with E-state index in [0.717, 1.165) is 34.5 Å². The van der Waals surface area contributed by atoms with Crippen LogP contribution in [0.15, 0.2) is 82.6 Å². The summed E-state index contributed by atoms with van der Waals surface area (Å²) in [5.41, 5.74) is 5.95. The van der Waals surface area contributed by atoms with Crippen molar-refractivity contribution in [2.75, 3.05) is 12.3 Å². The number of nitrogens with zero attached hydrogens (tertiary/aromatic N) is 4. The van der Waals surface area contributed by atoms with Crippen molar-refractivity contribution >= 4 is 28.8 Å². The van der Waals surface area contributed by atoms with Crippen molar-refractivity contribution in [3.05, 3.63) is 84.1 Å². The zero-order chi connectivity index (χ0) is 23.5. The van der Waals surface area contributed by atoms with Gasteiger partial charge in [-0.05, 0) is 30.5 Å². The minimum Gasteiger partial charge on any atom is -0.463 e. The molecule has 1 amide bonds. The Labute approximate surface area is 201 Å². The van der Waals surface area contributed by atoms with Gasteiger partial charge in [-0.3, -0.25) is 9.36 Å². The molecule has 0 aliphatic rings. The molecule has 0 saturated heterocycles. The van der Waals surface area contributed by atoms with Crippen LogP contribution in [0.4, 0.5) is 0 Å². The molecule has 0 aliphatic carbocycles. The number of carbonyl (C=O) groups excluding carboxylic acids is 1. The first-order valence-electron chi connectivity index (χ1n) is 11.1. The van der Waals surface area contributed by atoms with Crippen LogP contribution in [0, 0.1) is 6.92 Å². The molecular formula is C26H25N5O2S. The molecule has 5 aromatic rings. The number of para-hydroxylation sites is 1. The first kappa shape index (κ1) is 22.0. The summed E-state index contributed by atoms with van der Waals surface area (Å²) < 4.78 is 9.65. The molecule has 0 bridgehead atoms. The molecule has 34 heavy (non-hydrogen) atoms. The molecule has 1 N–H and O–H groups in total. The zero-order valence-electron chi connectivity index (χ0n) is 19.1. The summed E-state index contributed by atoms with van der Waals surface area (Å²) in [7, 11) is 1.98. The Morgan fingerprint density at radius 2 is 1.85 bits per heavy atom. The van der Waals surface area contributed by atoms with Gasteiger partial charge in [-0.15, -0.1) is 10.2 Å². The van der Waals surface area contributed by atoms with Crippen molar-refractivity contribution in [2.45, 2.75) is 18.5 Å². The molecule has 0 spiro atoms. The van der Waals surface area contributed by atoms with Gasteiger partial charge in [-0.1, -0.05) is 60.3 Å². The molecule has 0 fully saturated rings. The highest BCUT2D eigenvalue weighted by atomic mass is 32.2. The first-order chi connectivity index (χ1) is 16.6. The zero-order valence-corrected chi connectivity index (χ0v) is 19.9. The quantitative estimate of drug-likeness (QED) is 0.330. The summed E-state index contributed by atoms with van der Waals surface area (Å²) in [4.78, 5) is 12.5. The molecule has 0 unspecified atom stereocenters. The molecule has 5 rings (SSSR count). The van der Waals surface area contributed by atoms with Crippen molar-refractivity contribution in [1.82, 2.24) is 24.6 Å². The van der Waals surface area contributed by atoms with Crippen molar-refractivity contribution in [2.24, 2.45) is 7.05 Å². The van der Waals surface area contributed by atoms with Crippen LogP contribution in [0.3, 0.4) is 0 Å². The predicted octanol–water partition coefficient (Wildman–Crippen LogP) is 4.78. The molecule has 0 radical (unpaired) electrons. The third kappa shape index (κ3) is 4.36. The topological polar surface area (TPSA) is 77.9 Å². The molecule has 0 atom stereocenters. The number of carbonyl (C=O) groups is 1. The summed E-state index contributed by atoms with van der Waals surface area (Å²) >= 11 is 1.38. The minimum atomic E-state index is -0.0294. The molecule has 3 aromatic heterocycles. The molecule has 8 heteroatoms. The van der Waals surface area contributed by atoms with E-state index in [1.807, 2.05) is 64.7 Å². The lowest BCUT2D eigenvalue weighted by molar-refractivity contribution is -0.118. The van der Waals surface area contributed by atoms with Crippen LogP contribution < -0.4 is 5.32 Å². The van der Waals surface area contributed by atoms with Crippen LogP contribution in [0.1, 0.15) is 11.1 Å². The Morgan fingerprint density at radius 3 is 2.65 bits per heavy atom.